The van der Waals surface area contributed by atoms with E-state index in [1.165, 1.54) is 27.4 Å². The van der Waals surface area contributed by atoms with Gasteiger partial charge < -0.3 is 4.74 Å². The predicted octanol–water partition coefficient (Wildman–Crippen LogP) is 4.04. The molecule has 2 amide bonds. The first-order valence-electron chi connectivity index (χ1n) is 8.83. The summed E-state index contributed by atoms with van der Waals surface area (Å²) in [6.07, 6.45) is 0.799. The zero-order valence-electron chi connectivity index (χ0n) is 15.5. The molecule has 1 atom stereocenters. The molecule has 0 radical (unpaired) electrons. The van der Waals surface area contributed by atoms with Gasteiger partial charge in [-0.25, -0.2) is 9.88 Å². The van der Waals surface area contributed by atoms with Gasteiger partial charge in [0.2, 0.25) is 11.8 Å². The fourth-order valence-electron chi connectivity index (χ4n) is 3.64. The zero-order valence-corrected chi connectivity index (χ0v) is 16.3. The van der Waals surface area contributed by atoms with Crippen molar-refractivity contribution in [3.63, 3.8) is 0 Å². The molecule has 1 fully saturated rings. The van der Waals surface area contributed by atoms with Crippen LogP contribution in [0.3, 0.4) is 0 Å². The second-order valence-corrected chi connectivity index (χ2v) is 8.01. The van der Waals surface area contributed by atoms with Gasteiger partial charge in [-0.3, -0.25) is 9.59 Å². The molecule has 0 aliphatic carbocycles. The number of imide groups is 1. The molecule has 1 unspecified atom stereocenters. The Morgan fingerprint density at radius 1 is 1.15 bits per heavy atom. The van der Waals surface area contributed by atoms with Crippen LogP contribution >= 0.6 is 11.3 Å². The minimum Gasteiger partial charge on any atom is -0.497 e. The van der Waals surface area contributed by atoms with Crippen molar-refractivity contribution in [2.75, 3.05) is 12.0 Å². The number of amides is 2. The third-order valence-corrected chi connectivity index (χ3v) is 5.80. The summed E-state index contributed by atoms with van der Waals surface area (Å²) in [5.41, 5.74) is 4.15. The van der Waals surface area contributed by atoms with Crippen molar-refractivity contribution in [3.05, 3.63) is 53.1 Å². The molecule has 4 rings (SSSR count). The lowest BCUT2D eigenvalue weighted by molar-refractivity contribution is -0.122. The van der Waals surface area contributed by atoms with Gasteiger partial charge in [0.15, 0.2) is 5.13 Å². The van der Waals surface area contributed by atoms with E-state index in [1.54, 1.807) is 7.11 Å². The summed E-state index contributed by atoms with van der Waals surface area (Å²) in [4.78, 5) is 31.3. The Balaban J connectivity index is 1.61. The molecule has 1 saturated heterocycles. The zero-order chi connectivity index (χ0) is 19.1. The van der Waals surface area contributed by atoms with Gasteiger partial charge in [0, 0.05) is 12.5 Å². The highest BCUT2D eigenvalue weighted by Crippen LogP contribution is 2.35. The average Bonchev–Trinajstić information content (AvgIpc) is 3.13. The van der Waals surface area contributed by atoms with Gasteiger partial charge in [-0.05, 0) is 38.0 Å². The molecule has 6 heteroatoms. The molecule has 1 aromatic heterocycles. The van der Waals surface area contributed by atoms with Crippen LogP contribution in [0.1, 0.15) is 23.1 Å². The quantitative estimate of drug-likeness (QED) is 0.641. The van der Waals surface area contributed by atoms with Gasteiger partial charge in [0.1, 0.15) is 5.75 Å². The normalized spacial score (nSPS) is 17.1. The van der Waals surface area contributed by atoms with E-state index in [1.807, 2.05) is 32.0 Å². The smallest absolute Gasteiger partial charge is 0.239 e. The Kier molecular flexibility index (Phi) is 4.44. The second kappa shape index (κ2) is 6.78. The average molecular weight is 380 g/mol. The largest absolute Gasteiger partial charge is 0.497 e. The minimum absolute atomic E-state index is 0.162. The molecule has 2 heterocycles. The van der Waals surface area contributed by atoms with Crippen LogP contribution in [0.4, 0.5) is 5.13 Å². The Hall–Kier alpha value is -2.73. The molecule has 2 aromatic carbocycles. The molecule has 1 aliphatic heterocycles. The number of hydrogen-bond donors (Lipinski definition) is 0. The van der Waals surface area contributed by atoms with Crippen LogP contribution in [0.15, 0.2) is 36.4 Å². The summed E-state index contributed by atoms with van der Waals surface area (Å²) in [6.45, 7) is 4.08. The van der Waals surface area contributed by atoms with E-state index in [9.17, 15) is 9.59 Å². The summed E-state index contributed by atoms with van der Waals surface area (Å²) < 4.78 is 6.14. The third-order valence-electron chi connectivity index (χ3n) is 4.78. The number of benzene rings is 2. The Morgan fingerprint density at radius 3 is 2.59 bits per heavy atom. The maximum atomic E-state index is 12.9. The summed E-state index contributed by atoms with van der Waals surface area (Å²) in [7, 11) is 1.60. The Morgan fingerprint density at radius 2 is 1.89 bits per heavy atom. The van der Waals surface area contributed by atoms with Crippen LogP contribution in [0, 0.1) is 19.8 Å². The van der Waals surface area contributed by atoms with Gasteiger partial charge >= 0.3 is 0 Å². The van der Waals surface area contributed by atoms with Crippen LogP contribution in [-0.4, -0.2) is 23.9 Å². The first-order valence-corrected chi connectivity index (χ1v) is 9.65. The lowest BCUT2D eigenvalue weighted by Crippen LogP contribution is -2.30. The van der Waals surface area contributed by atoms with E-state index in [2.05, 4.69) is 23.2 Å². The van der Waals surface area contributed by atoms with E-state index in [4.69, 9.17) is 4.74 Å². The first kappa shape index (κ1) is 17.7. The third kappa shape index (κ3) is 3.32. The standard InChI is InChI=1S/C21H20N2O3S/c1-12-6-13(2)8-14(7-12)9-15-10-19(24)23(20(15)25)21-22-17-11-16(26-3)4-5-18(17)27-21/h4-8,11,15H,9-10H2,1-3H3. The molecule has 1 aliphatic rings. The van der Waals surface area contributed by atoms with E-state index in [0.717, 1.165) is 15.8 Å². The van der Waals surface area contributed by atoms with E-state index in [-0.39, 0.29) is 24.2 Å². The summed E-state index contributed by atoms with van der Waals surface area (Å²) in [6, 6.07) is 11.8. The van der Waals surface area contributed by atoms with Crippen LogP contribution in [0.25, 0.3) is 10.2 Å². The number of thiazole rings is 1. The number of ether oxygens (including phenoxy) is 1. The number of aromatic nitrogens is 1. The SMILES string of the molecule is COc1ccc2sc(N3C(=O)CC(Cc4cc(C)cc(C)c4)C3=O)nc2c1. The van der Waals surface area contributed by atoms with Crippen LogP contribution in [-0.2, 0) is 16.0 Å². The molecule has 138 valence electrons. The number of nitrogens with zero attached hydrogens (tertiary/aromatic N) is 2. The van der Waals surface area contributed by atoms with Crippen molar-refractivity contribution in [2.45, 2.75) is 26.7 Å². The van der Waals surface area contributed by atoms with Gasteiger partial charge in [-0.1, -0.05) is 40.7 Å². The highest BCUT2D eigenvalue weighted by molar-refractivity contribution is 7.22. The number of fused-ring (bicyclic) bond motifs is 1. The first-order chi connectivity index (χ1) is 12.9. The number of anilines is 1. The number of methoxy groups -OCH3 is 1. The van der Waals surface area contributed by atoms with E-state index in [0.29, 0.717) is 17.3 Å². The van der Waals surface area contributed by atoms with Crippen molar-refractivity contribution in [3.8, 4) is 5.75 Å². The highest BCUT2D eigenvalue weighted by Gasteiger charge is 2.41. The Labute approximate surface area is 161 Å². The molecule has 3 aromatic rings. The summed E-state index contributed by atoms with van der Waals surface area (Å²) >= 11 is 1.35. The molecule has 0 spiro atoms. The van der Waals surface area contributed by atoms with E-state index >= 15 is 0 Å². The van der Waals surface area contributed by atoms with E-state index < -0.39 is 0 Å². The van der Waals surface area contributed by atoms with Gasteiger partial charge in [0.25, 0.3) is 0 Å². The summed E-state index contributed by atoms with van der Waals surface area (Å²) in [5.74, 6) is 0.0249. The minimum atomic E-state index is -0.333. The van der Waals surface area contributed by atoms with Crippen LogP contribution in [0.2, 0.25) is 0 Å². The van der Waals surface area contributed by atoms with Crippen LogP contribution in [0.5, 0.6) is 5.75 Å². The van der Waals surface area contributed by atoms with Gasteiger partial charge in [0.05, 0.1) is 23.2 Å². The van der Waals surface area contributed by atoms with Crippen molar-refractivity contribution in [2.24, 2.45) is 5.92 Å². The number of carbonyl (C=O) groups excluding carboxylic acids is 2. The molecule has 0 saturated carbocycles. The highest BCUT2D eigenvalue weighted by atomic mass is 32.1. The second-order valence-electron chi connectivity index (χ2n) is 7.00. The molecule has 5 nitrogen and oxygen atoms in total. The fourth-order valence-corrected chi connectivity index (χ4v) is 4.61. The maximum Gasteiger partial charge on any atom is 0.239 e. The molecular weight excluding hydrogens is 360 g/mol. The fraction of sp³-hybridized carbons (Fsp3) is 0.286. The van der Waals surface area contributed by atoms with Crippen LogP contribution < -0.4 is 9.64 Å². The lowest BCUT2D eigenvalue weighted by Gasteiger charge is -2.12. The predicted molar refractivity (Wildman–Crippen MR) is 106 cm³/mol. The van der Waals surface area contributed by atoms with Gasteiger partial charge in [-0.15, -0.1) is 0 Å². The molecule has 27 heavy (non-hydrogen) atoms. The monoisotopic (exact) mass is 380 g/mol. The molecule has 0 N–H and O–H groups in total. The molecular formula is C21H20N2O3S. The number of hydrogen-bond acceptors (Lipinski definition) is 5. The van der Waals surface area contributed by atoms with Crippen molar-refractivity contribution >= 4 is 38.5 Å². The Bertz CT molecular complexity index is 1040. The van der Waals surface area contributed by atoms with Crippen molar-refractivity contribution in [1.82, 2.24) is 4.98 Å². The van der Waals surface area contributed by atoms with Crippen molar-refractivity contribution < 1.29 is 14.3 Å². The number of rotatable bonds is 4. The number of aryl methyl sites for hydroxylation is 2. The summed E-state index contributed by atoms with van der Waals surface area (Å²) in [5, 5.41) is 0.441. The topological polar surface area (TPSA) is 59.5 Å². The van der Waals surface area contributed by atoms with Crippen molar-refractivity contribution in [1.29, 1.82) is 0 Å². The maximum absolute atomic E-state index is 12.9. The van der Waals surface area contributed by atoms with Gasteiger partial charge in [-0.2, -0.15) is 0 Å². The number of carbonyl (C=O) groups is 2. The lowest BCUT2D eigenvalue weighted by atomic mass is 9.95. The molecule has 0 bridgehead atoms.